The molecule has 8 nitrogen and oxygen atoms in total. The normalized spacial score (nSPS) is 17.1. The van der Waals surface area contributed by atoms with Gasteiger partial charge in [-0.2, -0.15) is 10.2 Å². The molecule has 0 aliphatic carbocycles. The molecule has 1 N–H and O–H groups in total. The zero-order valence-electron chi connectivity index (χ0n) is 19.2. The van der Waals surface area contributed by atoms with Crippen LogP contribution in [0.25, 0.3) is 11.3 Å². The molecule has 2 aromatic carbocycles. The van der Waals surface area contributed by atoms with E-state index in [0.29, 0.717) is 25.9 Å². The number of benzene rings is 2. The molecule has 9 heteroatoms. The van der Waals surface area contributed by atoms with Gasteiger partial charge in [0, 0.05) is 30.4 Å². The van der Waals surface area contributed by atoms with E-state index in [2.05, 4.69) is 10.5 Å². The number of carbonyl (C=O) groups is 1. The molecule has 1 aliphatic rings. The van der Waals surface area contributed by atoms with Gasteiger partial charge in [0.1, 0.15) is 5.69 Å². The molecular formula is C25H29N5O3S. The quantitative estimate of drug-likeness (QED) is 0.397. The number of sulfonamides is 1. The fraction of sp³-hybridized carbons (Fsp3) is 0.320. The fourth-order valence-electron chi connectivity index (χ4n) is 4.05. The zero-order chi connectivity index (χ0) is 24.0. The van der Waals surface area contributed by atoms with Crippen LogP contribution in [-0.2, 0) is 21.4 Å². The maximum Gasteiger partial charge on any atom is 0.244 e. The second-order valence-corrected chi connectivity index (χ2v) is 10.6. The van der Waals surface area contributed by atoms with Crippen LogP contribution < -0.4 is 5.43 Å². The summed E-state index contributed by atoms with van der Waals surface area (Å²) in [5.41, 5.74) is 6.23. The molecule has 0 radical (unpaired) electrons. The molecule has 0 saturated carbocycles. The Morgan fingerprint density at radius 2 is 1.85 bits per heavy atom. The van der Waals surface area contributed by atoms with Crippen LogP contribution in [0, 0.1) is 5.92 Å². The monoisotopic (exact) mass is 479 g/mol. The molecule has 3 aromatic rings. The molecular weight excluding hydrogens is 450 g/mol. The standard InChI is InChI=1S/C25H29N5O3S/c1-2-34(32,33)30-15-9-14-22(19-30)25(31)27-26-16-23-18-29(17-20-10-5-3-6-11-20)28-24(23)21-12-7-4-8-13-21/h3-8,10-13,16,18,22H,2,9,14-15,17,19H2,1H3,(H,27,31)/b26-16-/t22-/m0/s1. The van der Waals surface area contributed by atoms with Gasteiger partial charge in [-0.1, -0.05) is 60.7 Å². The number of hydrogen-bond donors (Lipinski definition) is 1. The van der Waals surface area contributed by atoms with Gasteiger partial charge in [0.2, 0.25) is 15.9 Å². The predicted octanol–water partition coefficient (Wildman–Crippen LogP) is 3.11. The Labute approximate surface area is 200 Å². The third-order valence-corrected chi connectivity index (χ3v) is 7.76. The lowest BCUT2D eigenvalue weighted by atomic mass is 9.99. The van der Waals surface area contributed by atoms with Crippen molar-refractivity contribution in [1.29, 1.82) is 0 Å². The summed E-state index contributed by atoms with van der Waals surface area (Å²) in [5, 5.41) is 8.93. The van der Waals surface area contributed by atoms with Crippen molar-refractivity contribution in [2.45, 2.75) is 26.3 Å². The zero-order valence-corrected chi connectivity index (χ0v) is 20.0. The van der Waals surface area contributed by atoms with Crippen molar-refractivity contribution < 1.29 is 13.2 Å². The van der Waals surface area contributed by atoms with Gasteiger partial charge >= 0.3 is 0 Å². The summed E-state index contributed by atoms with van der Waals surface area (Å²) in [6, 6.07) is 19.9. The molecule has 0 bridgehead atoms. The first kappa shape index (κ1) is 23.8. The summed E-state index contributed by atoms with van der Waals surface area (Å²) >= 11 is 0. The van der Waals surface area contributed by atoms with Crippen LogP contribution in [0.4, 0.5) is 0 Å². The Bertz CT molecular complexity index is 1240. The van der Waals surface area contributed by atoms with E-state index in [1.54, 1.807) is 13.1 Å². The van der Waals surface area contributed by atoms with Crippen molar-refractivity contribution in [2.24, 2.45) is 11.0 Å². The van der Waals surface area contributed by atoms with Gasteiger partial charge in [-0.25, -0.2) is 18.1 Å². The van der Waals surface area contributed by atoms with E-state index in [1.165, 1.54) is 4.31 Å². The first-order valence-electron chi connectivity index (χ1n) is 11.4. The molecule has 1 atom stereocenters. The molecule has 0 spiro atoms. The van der Waals surface area contributed by atoms with Crippen LogP contribution in [0.1, 0.15) is 30.9 Å². The molecule has 1 aliphatic heterocycles. The topological polar surface area (TPSA) is 96.7 Å². The van der Waals surface area contributed by atoms with Crippen LogP contribution in [0.3, 0.4) is 0 Å². The maximum atomic E-state index is 12.7. The maximum absolute atomic E-state index is 12.7. The molecule has 4 rings (SSSR count). The van der Waals surface area contributed by atoms with Crippen molar-refractivity contribution in [3.05, 3.63) is 78.0 Å². The van der Waals surface area contributed by atoms with E-state index in [-0.39, 0.29) is 18.2 Å². The number of rotatable bonds is 8. The lowest BCUT2D eigenvalue weighted by Gasteiger charge is -2.30. The average Bonchev–Trinajstić information content (AvgIpc) is 3.27. The van der Waals surface area contributed by atoms with Gasteiger partial charge in [0.15, 0.2) is 0 Å². The van der Waals surface area contributed by atoms with E-state index in [4.69, 9.17) is 5.10 Å². The van der Waals surface area contributed by atoms with Gasteiger partial charge < -0.3 is 0 Å². The number of hydrogen-bond acceptors (Lipinski definition) is 5. The van der Waals surface area contributed by atoms with Gasteiger partial charge in [-0.05, 0) is 25.3 Å². The van der Waals surface area contributed by atoms with Crippen LogP contribution in [0.5, 0.6) is 0 Å². The van der Waals surface area contributed by atoms with Gasteiger partial charge in [0.25, 0.3) is 0 Å². The molecule has 1 amide bonds. The van der Waals surface area contributed by atoms with Gasteiger partial charge in [-0.3, -0.25) is 9.48 Å². The fourth-order valence-corrected chi connectivity index (χ4v) is 5.23. The molecule has 1 fully saturated rings. The number of nitrogens with one attached hydrogen (secondary N) is 1. The second kappa shape index (κ2) is 10.8. The Balaban J connectivity index is 1.48. The minimum atomic E-state index is -3.31. The lowest BCUT2D eigenvalue weighted by Crippen LogP contribution is -2.45. The van der Waals surface area contributed by atoms with Crippen LogP contribution in [-0.4, -0.2) is 53.5 Å². The van der Waals surface area contributed by atoms with Crippen LogP contribution >= 0.6 is 0 Å². The van der Waals surface area contributed by atoms with E-state index in [1.807, 2.05) is 71.5 Å². The van der Waals surface area contributed by atoms with Crippen molar-refractivity contribution >= 4 is 22.1 Å². The number of hydrazone groups is 1. The van der Waals surface area contributed by atoms with E-state index in [9.17, 15) is 13.2 Å². The predicted molar refractivity (Wildman–Crippen MR) is 133 cm³/mol. The number of aromatic nitrogens is 2. The van der Waals surface area contributed by atoms with Crippen molar-refractivity contribution in [3.63, 3.8) is 0 Å². The Morgan fingerprint density at radius 1 is 1.15 bits per heavy atom. The molecule has 1 aromatic heterocycles. The van der Waals surface area contributed by atoms with Gasteiger partial charge in [0.05, 0.1) is 24.4 Å². The highest BCUT2D eigenvalue weighted by atomic mass is 32.2. The molecule has 1 saturated heterocycles. The molecule has 34 heavy (non-hydrogen) atoms. The lowest BCUT2D eigenvalue weighted by molar-refractivity contribution is -0.126. The first-order chi connectivity index (χ1) is 16.5. The summed E-state index contributed by atoms with van der Waals surface area (Å²) in [5.74, 6) is -0.652. The van der Waals surface area contributed by atoms with Crippen molar-refractivity contribution in [2.75, 3.05) is 18.8 Å². The summed E-state index contributed by atoms with van der Waals surface area (Å²) in [7, 11) is -3.31. The summed E-state index contributed by atoms with van der Waals surface area (Å²) in [4.78, 5) is 12.7. The average molecular weight is 480 g/mol. The van der Waals surface area contributed by atoms with E-state index < -0.39 is 15.9 Å². The largest absolute Gasteiger partial charge is 0.273 e. The highest BCUT2D eigenvalue weighted by Gasteiger charge is 2.31. The van der Waals surface area contributed by atoms with E-state index in [0.717, 1.165) is 22.4 Å². The minimum Gasteiger partial charge on any atom is -0.273 e. The third-order valence-electron chi connectivity index (χ3n) is 5.92. The van der Waals surface area contributed by atoms with Crippen molar-refractivity contribution in [1.82, 2.24) is 19.5 Å². The Hall–Kier alpha value is -3.30. The Kier molecular flexibility index (Phi) is 7.54. The first-order valence-corrected chi connectivity index (χ1v) is 13.0. The van der Waals surface area contributed by atoms with Gasteiger partial charge in [-0.15, -0.1) is 0 Å². The smallest absolute Gasteiger partial charge is 0.244 e. The van der Waals surface area contributed by atoms with E-state index >= 15 is 0 Å². The number of piperidine rings is 1. The molecule has 0 unspecified atom stereocenters. The SMILES string of the molecule is CCS(=O)(=O)N1CCC[C@H](C(=O)N/N=C\c2cn(Cc3ccccc3)nc2-c2ccccc2)C1. The number of nitrogens with zero attached hydrogens (tertiary/aromatic N) is 4. The second-order valence-electron chi connectivity index (χ2n) is 8.31. The van der Waals surface area contributed by atoms with Crippen LogP contribution in [0.15, 0.2) is 72.0 Å². The Morgan fingerprint density at radius 3 is 2.56 bits per heavy atom. The summed E-state index contributed by atoms with van der Waals surface area (Å²) < 4.78 is 27.6. The van der Waals surface area contributed by atoms with Crippen molar-refractivity contribution in [3.8, 4) is 11.3 Å². The molecule has 2 heterocycles. The summed E-state index contributed by atoms with van der Waals surface area (Å²) in [6.45, 7) is 2.89. The van der Waals surface area contributed by atoms with Crippen LogP contribution in [0.2, 0.25) is 0 Å². The molecule has 178 valence electrons. The minimum absolute atomic E-state index is 0.0364. The highest BCUT2D eigenvalue weighted by molar-refractivity contribution is 7.89. The highest BCUT2D eigenvalue weighted by Crippen LogP contribution is 2.22. The summed E-state index contributed by atoms with van der Waals surface area (Å²) in [6.07, 6.45) is 4.80. The number of carbonyl (C=O) groups excluding carboxylic acids is 1. The third kappa shape index (κ3) is 5.78. The number of amides is 1.